The minimum absolute atomic E-state index is 0.0864. The van der Waals surface area contributed by atoms with Crippen molar-refractivity contribution in [3.63, 3.8) is 0 Å². The van der Waals surface area contributed by atoms with E-state index in [9.17, 15) is 4.79 Å². The van der Waals surface area contributed by atoms with Gasteiger partial charge in [0.15, 0.2) is 0 Å². The first-order valence-electron chi connectivity index (χ1n) is 8.69. The van der Waals surface area contributed by atoms with E-state index in [-0.39, 0.29) is 24.0 Å². The van der Waals surface area contributed by atoms with Gasteiger partial charge in [-0.2, -0.15) is 0 Å². The first-order chi connectivity index (χ1) is 11.6. The first-order valence-corrected chi connectivity index (χ1v) is 8.69. The van der Waals surface area contributed by atoms with Crippen LogP contribution < -0.4 is 10.6 Å². The summed E-state index contributed by atoms with van der Waals surface area (Å²) in [4.78, 5) is 12.4. The Morgan fingerprint density at radius 2 is 2.08 bits per heavy atom. The van der Waals surface area contributed by atoms with E-state index in [2.05, 4.69) is 30.5 Å². The highest BCUT2D eigenvalue weighted by atomic mass is 16.5. The van der Waals surface area contributed by atoms with Gasteiger partial charge in [-0.3, -0.25) is 0 Å². The average molecular weight is 330 g/mol. The third-order valence-corrected chi connectivity index (χ3v) is 4.61. The molecule has 2 N–H and O–H groups in total. The molecule has 5 nitrogen and oxygen atoms in total. The SMILES string of the molecule is Cc1c([C@@H](NC(=O)NC2CCCOC2)C(C)C)oc2ccccc12. The van der Waals surface area contributed by atoms with Gasteiger partial charge in [0.2, 0.25) is 0 Å². The van der Waals surface area contributed by atoms with Crippen molar-refractivity contribution in [2.45, 2.75) is 45.7 Å². The van der Waals surface area contributed by atoms with Gasteiger partial charge in [0.05, 0.1) is 18.7 Å². The molecule has 2 atom stereocenters. The fourth-order valence-electron chi connectivity index (χ4n) is 3.25. The molecule has 1 aliphatic rings. The molecule has 1 aromatic carbocycles. The van der Waals surface area contributed by atoms with Crippen molar-refractivity contribution >= 4 is 17.0 Å². The number of urea groups is 1. The number of hydrogen-bond acceptors (Lipinski definition) is 3. The van der Waals surface area contributed by atoms with Gasteiger partial charge in [0.25, 0.3) is 0 Å². The van der Waals surface area contributed by atoms with Gasteiger partial charge < -0.3 is 19.8 Å². The number of benzene rings is 1. The van der Waals surface area contributed by atoms with Crippen LogP contribution >= 0.6 is 0 Å². The van der Waals surface area contributed by atoms with Crippen LogP contribution in [0.3, 0.4) is 0 Å². The number of ether oxygens (including phenoxy) is 1. The van der Waals surface area contributed by atoms with Crippen molar-refractivity contribution in [2.75, 3.05) is 13.2 Å². The second kappa shape index (κ2) is 7.26. The maximum atomic E-state index is 12.4. The Morgan fingerprint density at radius 1 is 1.29 bits per heavy atom. The highest BCUT2D eigenvalue weighted by molar-refractivity contribution is 5.82. The van der Waals surface area contributed by atoms with Crippen LogP contribution in [0.15, 0.2) is 28.7 Å². The predicted octanol–water partition coefficient (Wildman–Crippen LogP) is 3.92. The largest absolute Gasteiger partial charge is 0.459 e. The molecule has 1 fully saturated rings. The molecule has 2 aromatic rings. The molecule has 0 spiro atoms. The third-order valence-electron chi connectivity index (χ3n) is 4.61. The van der Waals surface area contributed by atoms with Crippen molar-refractivity contribution in [1.82, 2.24) is 10.6 Å². The van der Waals surface area contributed by atoms with E-state index in [1.807, 2.05) is 25.1 Å². The zero-order valence-electron chi connectivity index (χ0n) is 14.6. The van der Waals surface area contributed by atoms with E-state index in [1.54, 1.807) is 0 Å². The Hall–Kier alpha value is -2.01. The summed E-state index contributed by atoms with van der Waals surface area (Å²) >= 11 is 0. The number of amides is 2. The normalized spacial score (nSPS) is 19.4. The van der Waals surface area contributed by atoms with Gasteiger partial charge in [-0.05, 0) is 31.7 Å². The molecule has 1 aliphatic heterocycles. The fraction of sp³-hybridized carbons (Fsp3) is 0.526. The van der Waals surface area contributed by atoms with E-state index in [4.69, 9.17) is 9.15 Å². The average Bonchev–Trinajstić information content (AvgIpc) is 2.90. The smallest absolute Gasteiger partial charge is 0.315 e. The number of hydrogen-bond donors (Lipinski definition) is 2. The number of para-hydroxylation sites is 1. The molecule has 2 heterocycles. The Kier molecular flexibility index (Phi) is 5.09. The van der Waals surface area contributed by atoms with Crippen LogP contribution in [0.5, 0.6) is 0 Å². The number of furan rings is 1. The van der Waals surface area contributed by atoms with Crippen molar-refractivity contribution in [3.05, 3.63) is 35.6 Å². The van der Waals surface area contributed by atoms with Gasteiger partial charge in [-0.25, -0.2) is 4.79 Å². The van der Waals surface area contributed by atoms with Gasteiger partial charge in [0.1, 0.15) is 11.3 Å². The number of carbonyl (C=O) groups is 1. The fourth-order valence-corrected chi connectivity index (χ4v) is 3.25. The number of rotatable bonds is 4. The van der Waals surface area contributed by atoms with E-state index in [0.717, 1.165) is 41.7 Å². The monoisotopic (exact) mass is 330 g/mol. The van der Waals surface area contributed by atoms with E-state index in [1.165, 1.54) is 0 Å². The van der Waals surface area contributed by atoms with Crippen LogP contribution in [0, 0.1) is 12.8 Å². The van der Waals surface area contributed by atoms with Crippen LogP contribution in [0.25, 0.3) is 11.0 Å². The van der Waals surface area contributed by atoms with Crippen LogP contribution in [0.2, 0.25) is 0 Å². The Balaban J connectivity index is 1.76. The zero-order valence-corrected chi connectivity index (χ0v) is 14.6. The molecule has 1 saturated heterocycles. The van der Waals surface area contributed by atoms with Crippen molar-refractivity contribution in [3.8, 4) is 0 Å². The van der Waals surface area contributed by atoms with E-state index < -0.39 is 0 Å². The Labute approximate surface area is 142 Å². The number of fused-ring (bicyclic) bond motifs is 1. The lowest BCUT2D eigenvalue weighted by Crippen LogP contribution is -2.47. The summed E-state index contributed by atoms with van der Waals surface area (Å²) in [6.45, 7) is 7.59. The number of carbonyl (C=O) groups excluding carboxylic acids is 1. The van der Waals surface area contributed by atoms with Crippen LogP contribution in [0.4, 0.5) is 4.79 Å². The van der Waals surface area contributed by atoms with Gasteiger partial charge in [-0.15, -0.1) is 0 Å². The van der Waals surface area contributed by atoms with Gasteiger partial charge in [-0.1, -0.05) is 32.0 Å². The Bertz CT molecular complexity index is 702. The maximum Gasteiger partial charge on any atom is 0.315 e. The first kappa shape index (κ1) is 16.8. The predicted molar refractivity (Wildman–Crippen MR) is 94.0 cm³/mol. The summed E-state index contributed by atoms with van der Waals surface area (Å²) < 4.78 is 11.5. The molecule has 0 aliphatic carbocycles. The topological polar surface area (TPSA) is 63.5 Å². The standard InChI is InChI=1S/C19H26N2O3/c1-12(2)17(21-19(22)20-14-7-6-10-23-11-14)18-13(3)15-8-4-5-9-16(15)24-18/h4-5,8-9,12,14,17H,6-7,10-11H2,1-3H3,(H2,20,21,22)/t14?,17-/m0/s1. The summed E-state index contributed by atoms with van der Waals surface area (Å²) in [5.74, 6) is 1.05. The zero-order chi connectivity index (χ0) is 17.1. The molecule has 0 saturated carbocycles. The number of nitrogens with one attached hydrogen (secondary N) is 2. The molecule has 0 radical (unpaired) electrons. The van der Waals surface area contributed by atoms with Crippen molar-refractivity contribution in [1.29, 1.82) is 0 Å². The third kappa shape index (κ3) is 3.56. The van der Waals surface area contributed by atoms with E-state index in [0.29, 0.717) is 6.61 Å². The van der Waals surface area contributed by atoms with Crippen LogP contribution in [-0.2, 0) is 4.74 Å². The summed E-state index contributed by atoms with van der Waals surface area (Å²) in [5, 5.41) is 7.19. The van der Waals surface area contributed by atoms with Crippen LogP contribution in [0.1, 0.15) is 44.1 Å². The molecule has 1 unspecified atom stereocenters. The molecular formula is C19H26N2O3. The molecular weight excluding hydrogens is 304 g/mol. The summed E-state index contributed by atoms with van der Waals surface area (Å²) in [7, 11) is 0. The quantitative estimate of drug-likeness (QED) is 0.893. The minimum atomic E-state index is -0.165. The Morgan fingerprint density at radius 3 is 2.75 bits per heavy atom. The lowest BCUT2D eigenvalue weighted by molar-refractivity contribution is 0.0728. The molecule has 24 heavy (non-hydrogen) atoms. The molecule has 2 amide bonds. The van der Waals surface area contributed by atoms with Gasteiger partial charge >= 0.3 is 6.03 Å². The highest BCUT2D eigenvalue weighted by Gasteiger charge is 2.26. The van der Waals surface area contributed by atoms with Crippen molar-refractivity contribution < 1.29 is 13.9 Å². The molecule has 3 rings (SSSR count). The minimum Gasteiger partial charge on any atom is -0.459 e. The van der Waals surface area contributed by atoms with Crippen molar-refractivity contribution in [2.24, 2.45) is 5.92 Å². The van der Waals surface area contributed by atoms with E-state index >= 15 is 0 Å². The lowest BCUT2D eigenvalue weighted by Gasteiger charge is -2.26. The number of aryl methyl sites for hydroxylation is 1. The maximum absolute atomic E-state index is 12.4. The summed E-state index contributed by atoms with van der Waals surface area (Å²) in [6, 6.07) is 7.73. The summed E-state index contributed by atoms with van der Waals surface area (Å²) in [6.07, 6.45) is 1.95. The summed E-state index contributed by atoms with van der Waals surface area (Å²) in [5.41, 5.74) is 1.95. The lowest BCUT2D eigenvalue weighted by atomic mass is 9.98. The van der Waals surface area contributed by atoms with Crippen LogP contribution in [-0.4, -0.2) is 25.3 Å². The highest BCUT2D eigenvalue weighted by Crippen LogP contribution is 2.32. The molecule has 0 bridgehead atoms. The second-order valence-electron chi connectivity index (χ2n) is 6.84. The second-order valence-corrected chi connectivity index (χ2v) is 6.84. The van der Waals surface area contributed by atoms with Gasteiger partial charge in [0, 0.05) is 17.6 Å². The molecule has 5 heteroatoms. The molecule has 130 valence electrons. The molecule has 1 aromatic heterocycles.